The number of aromatic nitrogens is 1. The van der Waals surface area contributed by atoms with Crippen molar-refractivity contribution in [3.05, 3.63) is 48.3 Å². The van der Waals surface area contributed by atoms with Crippen LogP contribution < -0.4 is 19.1 Å². The van der Waals surface area contributed by atoms with Crippen LogP contribution in [0, 0.1) is 5.92 Å². The highest BCUT2D eigenvalue weighted by molar-refractivity contribution is 7.88. The van der Waals surface area contributed by atoms with E-state index in [9.17, 15) is 23.1 Å². The van der Waals surface area contributed by atoms with Gasteiger partial charge in [0, 0.05) is 37.8 Å². The Morgan fingerprint density at radius 2 is 2.03 bits per heavy atom. The summed E-state index contributed by atoms with van der Waals surface area (Å²) in [5.41, 5.74) is 1.45. The van der Waals surface area contributed by atoms with Crippen LogP contribution in [0.4, 0.5) is 5.69 Å². The number of ether oxygens (including phenoxy) is 2. The predicted octanol–water partition coefficient (Wildman–Crippen LogP) is 2.05. The molecule has 4 rings (SSSR count). The molecule has 0 bridgehead atoms. The number of sulfonamides is 1. The van der Waals surface area contributed by atoms with Crippen molar-refractivity contribution < 1.29 is 32.6 Å². The molecule has 3 atom stereocenters. The number of fused-ring (bicyclic) bond motifs is 1. The maximum Gasteiger partial charge on any atom is 0.308 e. The third kappa shape index (κ3) is 6.61. The third-order valence-electron chi connectivity index (χ3n) is 6.99. The zero-order chi connectivity index (χ0) is 27.3. The summed E-state index contributed by atoms with van der Waals surface area (Å²) in [6.07, 6.45) is 6.29. The first kappa shape index (κ1) is 27.8. The summed E-state index contributed by atoms with van der Waals surface area (Å²) < 4.78 is 36.7. The Labute approximate surface area is 222 Å². The second-order valence-corrected chi connectivity index (χ2v) is 11.5. The second kappa shape index (κ2) is 12.1. The zero-order valence-corrected chi connectivity index (χ0v) is 22.4. The van der Waals surface area contributed by atoms with E-state index in [1.165, 1.54) is 0 Å². The van der Waals surface area contributed by atoms with Gasteiger partial charge in [-0.2, -0.15) is 0 Å². The number of nitrogens with one attached hydrogen (secondary N) is 1. The summed E-state index contributed by atoms with van der Waals surface area (Å²) in [7, 11) is -3.45. The quantitative estimate of drug-likeness (QED) is 0.410. The molecule has 1 fully saturated rings. The molecule has 1 aromatic carbocycles. The number of rotatable bonds is 12. The molecule has 2 N–H and O–H groups in total. The summed E-state index contributed by atoms with van der Waals surface area (Å²) in [6, 6.07) is 8.42. The van der Waals surface area contributed by atoms with Crippen LogP contribution in [-0.4, -0.2) is 80.6 Å². The van der Waals surface area contributed by atoms with Crippen molar-refractivity contribution in [3.8, 4) is 11.5 Å². The first-order valence-electron chi connectivity index (χ1n) is 12.7. The Kier molecular flexibility index (Phi) is 8.85. The van der Waals surface area contributed by atoms with Gasteiger partial charge >= 0.3 is 5.97 Å². The van der Waals surface area contributed by atoms with E-state index in [4.69, 9.17) is 9.47 Å². The number of hydrogen-bond donors (Lipinski definition) is 2. The standard InChI is InChI=1S/C26H34N4O7S/c1-3-4-12-30(19-6-5-10-27-14-19)24(31)16-29-15-20(18-7-8-22-23(13-18)37-17-36-22)25(26(32)33)21(29)9-11-28-38(2,34)35/h5-8,10,13-14,20-21,25,28H,3-4,9,11-12,15-17H2,1-2H3,(H,32,33)/t20-,21+,25-/m1/s1. The number of pyridine rings is 1. The molecule has 0 saturated carbocycles. The normalized spacial score (nSPS) is 20.9. The zero-order valence-electron chi connectivity index (χ0n) is 21.6. The number of nitrogens with zero attached hydrogens (tertiary/aromatic N) is 3. The summed E-state index contributed by atoms with van der Waals surface area (Å²) >= 11 is 0. The lowest BCUT2D eigenvalue weighted by atomic mass is 9.84. The summed E-state index contributed by atoms with van der Waals surface area (Å²) in [5, 5.41) is 10.3. The topological polar surface area (TPSA) is 138 Å². The Morgan fingerprint density at radius 1 is 1.24 bits per heavy atom. The molecule has 38 heavy (non-hydrogen) atoms. The number of carbonyl (C=O) groups excluding carboxylic acids is 1. The number of likely N-dealkylation sites (tertiary alicyclic amines) is 1. The maximum absolute atomic E-state index is 13.6. The Bertz CT molecular complexity index is 1240. The average molecular weight is 547 g/mol. The number of anilines is 1. The van der Waals surface area contributed by atoms with Crippen LogP contribution in [-0.2, 0) is 19.6 Å². The van der Waals surface area contributed by atoms with E-state index >= 15 is 0 Å². The van der Waals surface area contributed by atoms with Crippen LogP contribution in [0.2, 0.25) is 0 Å². The summed E-state index contributed by atoms with van der Waals surface area (Å²) in [5.74, 6) is -1.29. The fourth-order valence-corrected chi connectivity index (χ4v) is 5.70. The largest absolute Gasteiger partial charge is 0.481 e. The lowest BCUT2D eigenvalue weighted by molar-refractivity contribution is -0.143. The van der Waals surface area contributed by atoms with Crippen molar-refractivity contribution in [2.45, 2.75) is 38.1 Å². The molecule has 1 aromatic heterocycles. The van der Waals surface area contributed by atoms with Gasteiger partial charge in [-0.15, -0.1) is 0 Å². The van der Waals surface area contributed by atoms with E-state index < -0.39 is 33.9 Å². The highest BCUT2D eigenvalue weighted by Gasteiger charge is 2.47. The van der Waals surface area contributed by atoms with Gasteiger partial charge in [-0.25, -0.2) is 13.1 Å². The number of unbranched alkanes of at least 4 members (excludes halogenated alkanes) is 1. The SMILES string of the molecule is CCCCN(C(=O)CN1C[C@H](c2ccc3c(c2)OCO3)[C@@H](C(=O)O)[C@@H]1CCNS(C)(=O)=O)c1cccnc1. The molecule has 0 spiro atoms. The first-order valence-corrected chi connectivity index (χ1v) is 14.6. The van der Waals surface area contributed by atoms with Crippen LogP contribution in [0.3, 0.4) is 0 Å². The van der Waals surface area contributed by atoms with Gasteiger partial charge in [-0.1, -0.05) is 19.4 Å². The minimum absolute atomic E-state index is 0.00696. The Morgan fingerprint density at radius 3 is 2.71 bits per heavy atom. The van der Waals surface area contributed by atoms with Crippen LogP contribution >= 0.6 is 0 Å². The highest BCUT2D eigenvalue weighted by Crippen LogP contribution is 2.42. The molecule has 0 radical (unpaired) electrons. The summed E-state index contributed by atoms with van der Waals surface area (Å²) in [4.78, 5) is 33.9. The number of aliphatic carboxylic acids is 1. The van der Waals surface area contributed by atoms with E-state index in [1.54, 1.807) is 35.5 Å². The molecular formula is C26H34N4O7S. The van der Waals surface area contributed by atoms with Gasteiger partial charge in [-0.3, -0.25) is 19.5 Å². The Balaban J connectivity index is 1.62. The molecular weight excluding hydrogens is 512 g/mol. The molecule has 0 aliphatic carbocycles. The van der Waals surface area contributed by atoms with Crippen LogP contribution in [0.5, 0.6) is 11.5 Å². The smallest absolute Gasteiger partial charge is 0.308 e. The molecule has 2 aliphatic rings. The third-order valence-corrected chi connectivity index (χ3v) is 7.72. The fraction of sp³-hybridized carbons (Fsp3) is 0.500. The lowest BCUT2D eigenvalue weighted by Crippen LogP contribution is -2.45. The predicted molar refractivity (Wildman–Crippen MR) is 141 cm³/mol. The van der Waals surface area contributed by atoms with E-state index in [-0.39, 0.29) is 32.2 Å². The molecule has 12 heteroatoms. The number of hydrogen-bond acceptors (Lipinski definition) is 8. The number of benzene rings is 1. The molecule has 206 valence electrons. The highest BCUT2D eigenvalue weighted by atomic mass is 32.2. The van der Waals surface area contributed by atoms with Gasteiger partial charge in [0.05, 0.1) is 30.6 Å². The van der Waals surface area contributed by atoms with Gasteiger partial charge in [0.25, 0.3) is 0 Å². The molecule has 3 heterocycles. The van der Waals surface area contributed by atoms with E-state index in [2.05, 4.69) is 9.71 Å². The van der Waals surface area contributed by atoms with Crippen LogP contribution in [0.25, 0.3) is 0 Å². The van der Waals surface area contributed by atoms with Crippen LogP contribution in [0.1, 0.15) is 37.7 Å². The van der Waals surface area contributed by atoms with Gasteiger partial charge in [-0.05, 0) is 42.7 Å². The number of carbonyl (C=O) groups is 2. The summed E-state index contributed by atoms with van der Waals surface area (Å²) in [6.45, 7) is 3.05. The van der Waals surface area contributed by atoms with Gasteiger partial charge < -0.3 is 19.5 Å². The average Bonchev–Trinajstić information content (AvgIpc) is 3.48. The van der Waals surface area contributed by atoms with Crippen molar-refractivity contribution in [1.82, 2.24) is 14.6 Å². The molecule has 2 aromatic rings. The van der Waals surface area contributed by atoms with Gasteiger partial charge in [0.2, 0.25) is 22.7 Å². The minimum Gasteiger partial charge on any atom is -0.481 e. The monoisotopic (exact) mass is 546 g/mol. The first-order chi connectivity index (χ1) is 18.2. The Hall–Kier alpha value is -3.22. The van der Waals surface area contributed by atoms with Crippen molar-refractivity contribution in [1.29, 1.82) is 0 Å². The fourth-order valence-electron chi connectivity index (χ4n) is 5.21. The van der Waals surface area contributed by atoms with Gasteiger partial charge in [0.15, 0.2) is 11.5 Å². The minimum atomic E-state index is -3.45. The van der Waals surface area contributed by atoms with E-state index in [0.29, 0.717) is 30.3 Å². The van der Waals surface area contributed by atoms with Crippen molar-refractivity contribution >= 4 is 27.6 Å². The molecule has 2 aliphatic heterocycles. The van der Waals surface area contributed by atoms with E-state index in [0.717, 1.165) is 24.7 Å². The van der Waals surface area contributed by atoms with Crippen molar-refractivity contribution in [2.75, 3.05) is 44.1 Å². The molecule has 0 unspecified atom stereocenters. The maximum atomic E-state index is 13.6. The lowest BCUT2D eigenvalue weighted by Gasteiger charge is -2.29. The molecule has 1 amide bonds. The van der Waals surface area contributed by atoms with Crippen molar-refractivity contribution in [2.24, 2.45) is 5.92 Å². The van der Waals surface area contributed by atoms with Crippen LogP contribution in [0.15, 0.2) is 42.7 Å². The number of carboxylic acid groups (broad SMARTS) is 1. The number of amides is 1. The van der Waals surface area contributed by atoms with E-state index in [1.807, 2.05) is 24.0 Å². The molecule has 11 nitrogen and oxygen atoms in total. The van der Waals surface area contributed by atoms with Crippen molar-refractivity contribution in [3.63, 3.8) is 0 Å². The second-order valence-electron chi connectivity index (χ2n) is 9.65. The number of carboxylic acids is 1. The van der Waals surface area contributed by atoms with Gasteiger partial charge in [0.1, 0.15) is 0 Å². The molecule has 1 saturated heterocycles.